The van der Waals surface area contributed by atoms with Gasteiger partial charge in [0.05, 0.1) is 17.1 Å². The third-order valence-electron chi connectivity index (χ3n) is 4.32. The first kappa shape index (κ1) is 16.6. The van der Waals surface area contributed by atoms with Gasteiger partial charge in [-0.15, -0.1) is 6.42 Å². The monoisotopic (exact) mass is 346 g/mol. The van der Waals surface area contributed by atoms with Crippen LogP contribution in [0.4, 0.5) is 10.5 Å². The number of hydrogen-bond acceptors (Lipinski definition) is 3. The largest absolute Gasteiger partial charge is 0.336 e. The maximum absolute atomic E-state index is 12.8. The Kier molecular flexibility index (Phi) is 4.93. The van der Waals surface area contributed by atoms with E-state index in [4.69, 9.17) is 18.0 Å². The molecule has 3 amide bonds. The fraction of sp³-hybridized carbons (Fsp3) is 0.412. The van der Waals surface area contributed by atoms with Gasteiger partial charge in [0.25, 0.3) is 5.91 Å². The summed E-state index contributed by atoms with van der Waals surface area (Å²) in [4.78, 5) is 30.1. The number of anilines is 1. The molecule has 1 aromatic carbocycles. The van der Waals surface area contributed by atoms with E-state index < -0.39 is 0 Å². The molecule has 0 saturated carbocycles. The van der Waals surface area contributed by atoms with Crippen molar-refractivity contribution in [1.82, 2.24) is 15.1 Å². The Hall–Kier alpha value is -2.23. The van der Waals surface area contributed by atoms with Crippen molar-refractivity contribution in [3.8, 4) is 12.3 Å². The van der Waals surface area contributed by atoms with E-state index in [0.29, 0.717) is 49.0 Å². The molecule has 2 heterocycles. The molecule has 0 aliphatic carbocycles. The van der Waals surface area contributed by atoms with Gasteiger partial charge < -0.3 is 10.2 Å². The molecule has 1 aromatic rings. The van der Waals surface area contributed by atoms with E-state index >= 15 is 0 Å². The number of halogens is 1. The molecular formula is C17H19ClN4O2. The molecule has 24 heavy (non-hydrogen) atoms. The second kappa shape index (κ2) is 7.12. The first-order valence-corrected chi connectivity index (χ1v) is 8.28. The number of carbonyl (C=O) groups is 2. The average Bonchev–Trinajstić information content (AvgIpc) is 3.02. The number of urea groups is 1. The smallest absolute Gasteiger partial charge is 0.321 e. The summed E-state index contributed by atoms with van der Waals surface area (Å²) in [5.41, 5.74) is 1.11. The quantitative estimate of drug-likeness (QED) is 0.838. The van der Waals surface area contributed by atoms with E-state index in [1.54, 1.807) is 28.0 Å². The summed E-state index contributed by atoms with van der Waals surface area (Å²) in [5, 5.41) is 3.15. The van der Waals surface area contributed by atoms with Crippen LogP contribution >= 0.6 is 11.6 Å². The molecule has 2 aliphatic heterocycles. The molecule has 2 aliphatic rings. The maximum atomic E-state index is 12.8. The van der Waals surface area contributed by atoms with Crippen molar-refractivity contribution < 1.29 is 9.59 Å². The summed E-state index contributed by atoms with van der Waals surface area (Å²) >= 11 is 6.23. The van der Waals surface area contributed by atoms with Crippen molar-refractivity contribution in [2.75, 3.05) is 50.7 Å². The molecular weight excluding hydrogens is 328 g/mol. The van der Waals surface area contributed by atoms with E-state index in [0.717, 1.165) is 13.1 Å². The lowest BCUT2D eigenvalue weighted by Gasteiger charge is -2.34. The van der Waals surface area contributed by atoms with E-state index in [9.17, 15) is 9.59 Å². The van der Waals surface area contributed by atoms with Gasteiger partial charge in [-0.25, -0.2) is 4.79 Å². The van der Waals surface area contributed by atoms with Crippen molar-refractivity contribution in [1.29, 1.82) is 0 Å². The van der Waals surface area contributed by atoms with Crippen molar-refractivity contribution in [3.05, 3.63) is 28.8 Å². The van der Waals surface area contributed by atoms with Crippen LogP contribution in [-0.4, -0.2) is 67.6 Å². The van der Waals surface area contributed by atoms with Crippen LogP contribution in [0.1, 0.15) is 10.4 Å². The lowest BCUT2D eigenvalue weighted by molar-refractivity contribution is 0.0652. The fourth-order valence-corrected chi connectivity index (χ4v) is 3.17. The number of rotatable bonds is 3. The molecule has 0 unspecified atom stereocenters. The van der Waals surface area contributed by atoms with Gasteiger partial charge in [-0.1, -0.05) is 17.5 Å². The summed E-state index contributed by atoms with van der Waals surface area (Å²) < 4.78 is 0. The number of hydrogen-bond donors (Lipinski definition) is 1. The number of nitrogens with zero attached hydrogens (tertiary/aromatic N) is 3. The molecule has 1 N–H and O–H groups in total. The van der Waals surface area contributed by atoms with Gasteiger partial charge in [0.15, 0.2) is 0 Å². The number of amides is 3. The van der Waals surface area contributed by atoms with Crippen molar-refractivity contribution >= 4 is 29.2 Å². The second-order valence-corrected chi connectivity index (χ2v) is 6.23. The van der Waals surface area contributed by atoms with Crippen LogP contribution in [0.5, 0.6) is 0 Å². The predicted octanol–water partition coefficient (Wildman–Crippen LogP) is 1.26. The van der Waals surface area contributed by atoms with Gasteiger partial charge in [-0.2, -0.15) is 0 Å². The molecule has 0 bridgehead atoms. The van der Waals surface area contributed by atoms with Crippen LogP contribution in [0.2, 0.25) is 5.02 Å². The Morgan fingerprint density at radius 2 is 2.00 bits per heavy atom. The third-order valence-corrected chi connectivity index (χ3v) is 4.65. The Morgan fingerprint density at radius 3 is 2.62 bits per heavy atom. The van der Waals surface area contributed by atoms with Gasteiger partial charge in [-0.05, 0) is 18.2 Å². The first-order valence-electron chi connectivity index (χ1n) is 7.90. The van der Waals surface area contributed by atoms with Crippen molar-refractivity contribution in [3.63, 3.8) is 0 Å². The fourth-order valence-electron chi connectivity index (χ4n) is 2.97. The normalized spacial score (nSPS) is 18.4. The van der Waals surface area contributed by atoms with Crippen LogP contribution in [-0.2, 0) is 0 Å². The summed E-state index contributed by atoms with van der Waals surface area (Å²) in [6.07, 6.45) is 5.33. The molecule has 0 aromatic heterocycles. The van der Waals surface area contributed by atoms with Crippen LogP contribution in [0, 0.1) is 12.3 Å². The van der Waals surface area contributed by atoms with Crippen LogP contribution < -0.4 is 10.2 Å². The number of piperazine rings is 1. The van der Waals surface area contributed by atoms with Crippen LogP contribution in [0.3, 0.4) is 0 Å². The molecule has 2 saturated heterocycles. The SMILES string of the molecule is C#CCN1CCN(C(=O)c2cc(N3CCNC3=O)ccc2Cl)CC1. The highest BCUT2D eigenvalue weighted by molar-refractivity contribution is 6.34. The van der Waals surface area contributed by atoms with Gasteiger partial charge in [0, 0.05) is 45.0 Å². The summed E-state index contributed by atoms with van der Waals surface area (Å²) in [6.45, 7) is 4.52. The molecule has 0 spiro atoms. The lowest BCUT2D eigenvalue weighted by Crippen LogP contribution is -2.48. The van der Waals surface area contributed by atoms with Gasteiger partial charge in [0.1, 0.15) is 0 Å². The van der Waals surface area contributed by atoms with E-state index in [1.165, 1.54) is 0 Å². The maximum Gasteiger partial charge on any atom is 0.321 e. The number of benzene rings is 1. The Balaban J connectivity index is 1.75. The molecule has 126 valence electrons. The molecule has 2 fully saturated rings. The topological polar surface area (TPSA) is 55.9 Å². The van der Waals surface area contributed by atoms with E-state index in [-0.39, 0.29) is 11.9 Å². The minimum absolute atomic E-state index is 0.109. The molecule has 3 rings (SSSR count). The minimum Gasteiger partial charge on any atom is -0.336 e. The number of terminal acetylenes is 1. The predicted molar refractivity (Wildman–Crippen MR) is 93.4 cm³/mol. The molecule has 0 radical (unpaired) electrons. The minimum atomic E-state index is -0.154. The Morgan fingerprint density at radius 1 is 1.25 bits per heavy atom. The van der Waals surface area contributed by atoms with Gasteiger partial charge >= 0.3 is 6.03 Å². The first-order chi connectivity index (χ1) is 11.6. The van der Waals surface area contributed by atoms with Crippen LogP contribution in [0.15, 0.2) is 18.2 Å². The molecule has 7 heteroatoms. The Bertz CT molecular complexity index is 692. The number of carbonyl (C=O) groups excluding carboxylic acids is 2. The zero-order valence-electron chi connectivity index (χ0n) is 13.3. The Labute approximate surface area is 146 Å². The van der Waals surface area contributed by atoms with Crippen LogP contribution in [0.25, 0.3) is 0 Å². The van der Waals surface area contributed by atoms with E-state index in [2.05, 4.69) is 16.1 Å². The van der Waals surface area contributed by atoms with Gasteiger partial charge in [0.2, 0.25) is 0 Å². The van der Waals surface area contributed by atoms with E-state index in [1.807, 2.05) is 0 Å². The third kappa shape index (κ3) is 3.32. The number of nitrogens with one attached hydrogen (secondary N) is 1. The average molecular weight is 347 g/mol. The molecule has 0 atom stereocenters. The summed E-state index contributed by atoms with van der Waals surface area (Å²) in [6, 6.07) is 4.97. The zero-order chi connectivity index (χ0) is 17.1. The second-order valence-electron chi connectivity index (χ2n) is 5.82. The van der Waals surface area contributed by atoms with Gasteiger partial charge in [-0.3, -0.25) is 14.6 Å². The lowest BCUT2D eigenvalue weighted by atomic mass is 10.1. The standard InChI is InChI=1S/C17H19ClN4O2/c1-2-6-20-8-10-21(11-9-20)16(23)14-12-13(3-4-15(14)18)22-7-5-19-17(22)24/h1,3-4,12H,5-11H2,(H,19,24). The van der Waals surface area contributed by atoms with Crippen molar-refractivity contribution in [2.24, 2.45) is 0 Å². The highest BCUT2D eigenvalue weighted by Crippen LogP contribution is 2.26. The summed E-state index contributed by atoms with van der Waals surface area (Å²) in [5.74, 6) is 2.51. The zero-order valence-corrected chi connectivity index (χ0v) is 14.1. The molecule has 6 nitrogen and oxygen atoms in total. The summed E-state index contributed by atoms with van der Waals surface area (Å²) in [7, 11) is 0. The van der Waals surface area contributed by atoms with Crippen molar-refractivity contribution in [2.45, 2.75) is 0 Å². The highest BCUT2D eigenvalue weighted by atomic mass is 35.5. The highest BCUT2D eigenvalue weighted by Gasteiger charge is 2.26.